The lowest BCUT2D eigenvalue weighted by Gasteiger charge is -2.30. The molecule has 0 amide bonds. The van der Waals surface area contributed by atoms with Crippen molar-refractivity contribution in [3.05, 3.63) is 21.4 Å². The Kier molecular flexibility index (Phi) is 4.03. The predicted octanol–water partition coefficient (Wildman–Crippen LogP) is 3.22. The van der Waals surface area contributed by atoms with E-state index in [0.717, 1.165) is 19.4 Å². The molecule has 9 heteroatoms. The van der Waals surface area contributed by atoms with Crippen molar-refractivity contribution < 1.29 is 23.4 Å². The maximum Gasteiger partial charge on any atom is 0.320 e. The van der Waals surface area contributed by atoms with Crippen molar-refractivity contribution in [1.82, 2.24) is 14.9 Å². The zero-order valence-corrected chi connectivity index (χ0v) is 16.1. The van der Waals surface area contributed by atoms with Crippen LogP contribution in [-0.4, -0.2) is 51.4 Å². The summed E-state index contributed by atoms with van der Waals surface area (Å²) in [6.45, 7) is 2.01. The van der Waals surface area contributed by atoms with E-state index < -0.39 is 12.0 Å². The molecule has 3 aliphatic rings. The molecule has 2 saturated heterocycles. The fourth-order valence-corrected chi connectivity index (χ4v) is 5.20. The van der Waals surface area contributed by atoms with Crippen molar-refractivity contribution in [3.8, 4) is 11.9 Å². The summed E-state index contributed by atoms with van der Waals surface area (Å²) >= 11 is 3.25. The van der Waals surface area contributed by atoms with Gasteiger partial charge in [0.2, 0.25) is 5.88 Å². The van der Waals surface area contributed by atoms with Gasteiger partial charge in [-0.25, -0.2) is 8.78 Å². The minimum atomic E-state index is -0.865. The third-order valence-electron chi connectivity index (χ3n) is 5.92. The molecule has 144 valence electrons. The third-order valence-corrected chi connectivity index (χ3v) is 6.75. The molecule has 0 unspecified atom stereocenters. The van der Waals surface area contributed by atoms with E-state index in [1.165, 1.54) is 0 Å². The molecular formula is C18H18BrF2N3O3. The van der Waals surface area contributed by atoms with Gasteiger partial charge in [0.25, 0.3) is 0 Å². The molecule has 6 nitrogen and oxygen atoms in total. The first kappa shape index (κ1) is 17.5. The monoisotopic (exact) mass is 441 g/mol. The minimum Gasteiger partial charge on any atom is -0.493 e. The number of fused-ring (bicyclic) bond motifs is 4. The van der Waals surface area contributed by atoms with Gasteiger partial charge in [-0.3, -0.25) is 4.90 Å². The molecule has 4 heterocycles. The molecule has 0 bridgehead atoms. The number of ether oxygens (including phenoxy) is 2. The van der Waals surface area contributed by atoms with Crippen LogP contribution < -0.4 is 4.74 Å². The van der Waals surface area contributed by atoms with E-state index >= 15 is 0 Å². The van der Waals surface area contributed by atoms with Crippen LogP contribution in [0, 0.1) is 5.82 Å². The first-order valence-electron chi connectivity index (χ1n) is 8.97. The van der Waals surface area contributed by atoms with Gasteiger partial charge in [-0.05, 0) is 40.9 Å². The van der Waals surface area contributed by atoms with E-state index in [2.05, 4.69) is 30.8 Å². The number of rotatable bonds is 3. The molecule has 5 rings (SSSR count). The van der Waals surface area contributed by atoms with Crippen LogP contribution in [0.25, 0.3) is 10.9 Å². The van der Waals surface area contributed by atoms with Crippen LogP contribution >= 0.6 is 15.9 Å². The van der Waals surface area contributed by atoms with E-state index in [-0.39, 0.29) is 52.6 Å². The summed E-state index contributed by atoms with van der Waals surface area (Å²) in [4.78, 5) is 10.3. The second-order valence-electron chi connectivity index (χ2n) is 7.50. The summed E-state index contributed by atoms with van der Waals surface area (Å²) in [5.74, 6) is -0.916. The van der Waals surface area contributed by atoms with Crippen LogP contribution in [0.15, 0.2) is 4.47 Å². The van der Waals surface area contributed by atoms with Gasteiger partial charge in [-0.1, -0.05) is 0 Å². The summed E-state index contributed by atoms with van der Waals surface area (Å²) in [6.07, 6.45) is 1.39. The molecule has 2 atom stereocenters. The molecule has 0 spiro atoms. The summed E-state index contributed by atoms with van der Waals surface area (Å²) in [5, 5.41) is 10.7. The molecule has 1 aromatic heterocycles. The van der Waals surface area contributed by atoms with E-state index in [9.17, 15) is 13.9 Å². The van der Waals surface area contributed by atoms with Crippen molar-refractivity contribution in [3.63, 3.8) is 0 Å². The van der Waals surface area contributed by atoms with Crippen molar-refractivity contribution in [2.24, 2.45) is 0 Å². The van der Waals surface area contributed by atoms with Crippen LogP contribution in [-0.2, 0) is 18.0 Å². The maximum absolute atomic E-state index is 14.8. The lowest BCUT2D eigenvalue weighted by Crippen LogP contribution is -2.43. The fourth-order valence-electron chi connectivity index (χ4n) is 4.66. The number of aromatic nitrogens is 2. The average molecular weight is 442 g/mol. The molecule has 0 aliphatic carbocycles. The predicted molar refractivity (Wildman–Crippen MR) is 95.9 cm³/mol. The number of hydrogen-bond acceptors (Lipinski definition) is 6. The normalized spacial score (nSPS) is 27.3. The standard InChI is InChI=1S/C18H18BrF2N3O3/c19-13-11-7-26-6-10(11)12-15(14(13)21)22-17(23-16(12)25)27-8-18-2-1-3-24(18)5-9(20)4-18/h9H,1-8H2,(H,22,23,25)/t9-,18+/m1/s1. The molecule has 2 fully saturated rings. The number of nitrogens with zero attached hydrogens (tertiary/aromatic N) is 3. The van der Waals surface area contributed by atoms with Gasteiger partial charge in [-0.15, -0.1) is 0 Å². The molecule has 1 aromatic carbocycles. The maximum atomic E-state index is 14.8. The molecule has 1 N–H and O–H groups in total. The molecule has 2 aromatic rings. The summed E-state index contributed by atoms with van der Waals surface area (Å²) in [5.41, 5.74) is 0.967. The lowest BCUT2D eigenvalue weighted by molar-refractivity contribution is 0.107. The SMILES string of the molecule is Oc1nc(OC[C@@]23CCCN2C[C@H](F)C3)nc2c(F)c(Br)c3c(c12)COC3. The zero-order valence-electron chi connectivity index (χ0n) is 14.5. The van der Waals surface area contributed by atoms with Gasteiger partial charge in [0, 0.05) is 18.5 Å². The third kappa shape index (κ3) is 2.62. The van der Waals surface area contributed by atoms with Crippen molar-refractivity contribution >= 4 is 26.8 Å². The quantitative estimate of drug-likeness (QED) is 0.788. The summed E-state index contributed by atoms with van der Waals surface area (Å²) in [6, 6.07) is -0.104. The lowest BCUT2D eigenvalue weighted by atomic mass is 9.95. The number of benzene rings is 1. The number of halogens is 3. The van der Waals surface area contributed by atoms with E-state index in [1.54, 1.807) is 0 Å². The molecule has 0 radical (unpaired) electrons. The minimum absolute atomic E-state index is 0.0100. The highest BCUT2D eigenvalue weighted by Gasteiger charge is 2.49. The molecule has 27 heavy (non-hydrogen) atoms. The first-order valence-corrected chi connectivity index (χ1v) is 9.77. The van der Waals surface area contributed by atoms with Crippen LogP contribution in [0.1, 0.15) is 30.4 Å². The second-order valence-corrected chi connectivity index (χ2v) is 8.29. The molecule has 0 saturated carbocycles. The molecular weight excluding hydrogens is 424 g/mol. The Labute approximate surface area is 162 Å². The van der Waals surface area contributed by atoms with Crippen LogP contribution in [0.2, 0.25) is 0 Å². The Balaban J connectivity index is 1.50. The summed E-state index contributed by atoms with van der Waals surface area (Å²) < 4.78 is 40.1. The Morgan fingerprint density at radius 3 is 3.00 bits per heavy atom. The van der Waals surface area contributed by atoms with Crippen LogP contribution in [0.4, 0.5) is 8.78 Å². The van der Waals surface area contributed by atoms with Crippen molar-refractivity contribution in [2.45, 2.75) is 44.2 Å². The first-order chi connectivity index (χ1) is 13.0. The van der Waals surface area contributed by atoms with Crippen LogP contribution in [0.3, 0.4) is 0 Å². The fraction of sp³-hybridized carbons (Fsp3) is 0.556. The average Bonchev–Trinajstić information content (AvgIpc) is 3.31. The highest BCUT2D eigenvalue weighted by molar-refractivity contribution is 9.10. The number of hydrogen-bond donors (Lipinski definition) is 1. The highest BCUT2D eigenvalue weighted by Crippen LogP contribution is 2.42. The highest BCUT2D eigenvalue weighted by atomic mass is 79.9. The van der Waals surface area contributed by atoms with Crippen LogP contribution in [0.5, 0.6) is 11.9 Å². The Morgan fingerprint density at radius 1 is 1.33 bits per heavy atom. The van der Waals surface area contributed by atoms with Crippen molar-refractivity contribution in [2.75, 3.05) is 19.7 Å². The Hall–Kier alpha value is -1.58. The number of aromatic hydroxyl groups is 1. The van der Waals surface area contributed by atoms with E-state index in [0.29, 0.717) is 24.1 Å². The second kappa shape index (κ2) is 6.22. The van der Waals surface area contributed by atoms with Gasteiger partial charge >= 0.3 is 6.01 Å². The largest absolute Gasteiger partial charge is 0.493 e. The van der Waals surface area contributed by atoms with Crippen molar-refractivity contribution in [1.29, 1.82) is 0 Å². The smallest absolute Gasteiger partial charge is 0.320 e. The number of alkyl halides is 1. The Bertz CT molecular complexity index is 944. The van der Waals surface area contributed by atoms with Gasteiger partial charge < -0.3 is 14.6 Å². The Morgan fingerprint density at radius 2 is 2.15 bits per heavy atom. The van der Waals surface area contributed by atoms with Gasteiger partial charge in [0.05, 0.1) is 28.6 Å². The van der Waals surface area contributed by atoms with Gasteiger partial charge in [0.1, 0.15) is 18.3 Å². The van der Waals surface area contributed by atoms with E-state index in [1.807, 2.05) is 0 Å². The van der Waals surface area contributed by atoms with Gasteiger partial charge in [-0.2, -0.15) is 9.97 Å². The van der Waals surface area contributed by atoms with Gasteiger partial charge in [0.15, 0.2) is 5.82 Å². The summed E-state index contributed by atoms with van der Waals surface area (Å²) in [7, 11) is 0. The molecule has 3 aliphatic heterocycles. The topological polar surface area (TPSA) is 67.7 Å². The van der Waals surface area contributed by atoms with E-state index in [4.69, 9.17) is 9.47 Å². The zero-order chi connectivity index (χ0) is 18.8.